The molecule has 2 N–H and O–H groups in total. The highest BCUT2D eigenvalue weighted by Gasteiger charge is 2.75. The van der Waals surface area contributed by atoms with Crippen LogP contribution in [-0.4, -0.2) is 99.2 Å². The number of aliphatic hydroxyl groups excluding tert-OH is 1. The third-order valence-electron chi connectivity index (χ3n) is 12.9. The van der Waals surface area contributed by atoms with Gasteiger partial charge in [0.25, 0.3) is 0 Å². The fourth-order valence-corrected chi connectivity index (χ4v) is 9.98. The van der Waals surface area contributed by atoms with E-state index in [1.165, 1.54) is 24.0 Å². The van der Waals surface area contributed by atoms with E-state index in [0.29, 0.717) is 38.2 Å². The molecular formula is C37H59NO8. The minimum Gasteiger partial charge on any atom is -0.482 e. The Kier molecular flexibility index (Phi) is 9.55. The number of hydrogen-bond donors (Lipinski definition) is 2. The van der Waals surface area contributed by atoms with Crippen molar-refractivity contribution in [2.75, 3.05) is 60.3 Å². The molecule has 9 nitrogen and oxygen atoms in total. The Hall–Kier alpha value is -1.46. The number of aliphatic hydroxyl groups is 2. The summed E-state index contributed by atoms with van der Waals surface area (Å²) < 4.78 is 35.2. The van der Waals surface area contributed by atoms with Crippen molar-refractivity contribution in [3.63, 3.8) is 0 Å². The Labute approximate surface area is 276 Å². The summed E-state index contributed by atoms with van der Waals surface area (Å²) in [6, 6.07) is 4.52. The molecule has 1 spiro atoms. The van der Waals surface area contributed by atoms with E-state index in [4.69, 9.17) is 28.4 Å². The Morgan fingerprint density at radius 2 is 1.78 bits per heavy atom. The van der Waals surface area contributed by atoms with Crippen molar-refractivity contribution in [3.8, 4) is 11.5 Å². The standard InChI is InChI=1S/C37H59NO8/c1-33(2,3)35(5,40)27(24-42-7)22-36-14-8-13-34(4)37(36)15-16-38(23-25-9-10-25)29(36)21-26-11-12-28(31(46-34)30(26)37)45-32(39)44-20-19-43-18-17-41-6/h11-12,25,27,29,32,39-40H,8-10,13-24H2,1-7H3/t27-,29?,32?,34+,35-,36+,37?/m0/s1. The van der Waals surface area contributed by atoms with Gasteiger partial charge >= 0.3 is 6.48 Å². The van der Waals surface area contributed by atoms with Gasteiger partial charge < -0.3 is 38.6 Å². The summed E-state index contributed by atoms with van der Waals surface area (Å²) in [4.78, 5) is 2.82. The molecule has 2 aliphatic heterocycles. The summed E-state index contributed by atoms with van der Waals surface area (Å²) >= 11 is 0. The summed E-state index contributed by atoms with van der Waals surface area (Å²) in [7, 11) is 3.40. The maximum atomic E-state index is 12.3. The van der Waals surface area contributed by atoms with Crippen LogP contribution in [0.1, 0.15) is 90.7 Å². The molecule has 0 aromatic heterocycles. The molecular weight excluding hydrogens is 586 g/mol. The summed E-state index contributed by atoms with van der Waals surface area (Å²) in [6.07, 6.45) is 8.61. The number of ether oxygens (including phenoxy) is 6. The minimum absolute atomic E-state index is 0.0496. The topological polar surface area (TPSA) is 99.1 Å². The molecule has 7 atom stereocenters. The number of piperidine rings is 1. The summed E-state index contributed by atoms with van der Waals surface area (Å²) in [5.41, 5.74) is 0.571. The molecule has 0 amide bonds. The fourth-order valence-electron chi connectivity index (χ4n) is 9.98. The first-order valence-corrected chi connectivity index (χ1v) is 17.7. The molecule has 46 heavy (non-hydrogen) atoms. The number of hydrogen-bond acceptors (Lipinski definition) is 9. The third kappa shape index (κ3) is 5.60. The van der Waals surface area contributed by atoms with Crippen LogP contribution in [0.5, 0.6) is 11.5 Å². The van der Waals surface area contributed by atoms with Crippen LogP contribution < -0.4 is 9.47 Å². The second-order valence-corrected chi connectivity index (χ2v) is 16.2. The first kappa shape index (κ1) is 34.4. The number of rotatable bonds is 16. The second kappa shape index (κ2) is 12.8. The minimum atomic E-state index is -1.44. The van der Waals surface area contributed by atoms with Crippen LogP contribution in [0.25, 0.3) is 0 Å². The van der Waals surface area contributed by atoms with Gasteiger partial charge in [0.1, 0.15) is 5.60 Å². The van der Waals surface area contributed by atoms with Crippen LogP contribution in [0.3, 0.4) is 0 Å². The van der Waals surface area contributed by atoms with E-state index in [1.807, 2.05) is 13.0 Å². The van der Waals surface area contributed by atoms with Gasteiger partial charge in [-0.15, -0.1) is 0 Å². The van der Waals surface area contributed by atoms with E-state index in [9.17, 15) is 10.2 Å². The zero-order valence-corrected chi connectivity index (χ0v) is 29.4. The molecule has 3 fully saturated rings. The van der Waals surface area contributed by atoms with Gasteiger partial charge in [-0.3, -0.25) is 4.90 Å². The first-order chi connectivity index (χ1) is 21.8. The molecule has 2 bridgehead atoms. The van der Waals surface area contributed by atoms with Crippen molar-refractivity contribution in [2.45, 2.75) is 115 Å². The summed E-state index contributed by atoms with van der Waals surface area (Å²) in [5.74, 6) is 2.05. The maximum absolute atomic E-state index is 12.3. The smallest absolute Gasteiger partial charge is 0.313 e. The van der Waals surface area contributed by atoms with Gasteiger partial charge in [0.05, 0.1) is 38.6 Å². The van der Waals surface area contributed by atoms with Gasteiger partial charge in [0, 0.05) is 49.1 Å². The highest BCUT2D eigenvalue weighted by molar-refractivity contribution is 5.63. The maximum Gasteiger partial charge on any atom is 0.313 e. The molecule has 6 rings (SSSR count). The molecule has 2 heterocycles. The summed E-state index contributed by atoms with van der Waals surface area (Å²) in [6.45, 7) is 13.6. The van der Waals surface area contributed by atoms with Crippen molar-refractivity contribution >= 4 is 0 Å². The second-order valence-electron chi connectivity index (χ2n) is 16.2. The van der Waals surface area contributed by atoms with E-state index in [1.54, 1.807) is 14.2 Å². The van der Waals surface area contributed by atoms with Crippen LogP contribution in [0.2, 0.25) is 0 Å². The normalized spacial score (nSPS) is 32.8. The van der Waals surface area contributed by atoms with Crippen LogP contribution in [0.4, 0.5) is 0 Å². The largest absolute Gasteiger partial charge is 0.482 e. The zero-order valence-electron chi connectivity index (χ0n) is 29.4. The van der Waals surface area contributed by atoms with Crippen LogP contribution >= 0.6 is 0 Å². The Morgan fingerprint density at radius 1 is 1.02 bits per heavy atom. The first-order valence-electron chi connectivity index (χ1n) is 17.7. The molecule has 1 aromatic carbocycles. The van der Waals surface area contributed by atoms with Gasteiger partial charge in [-0.1, -0.05) is 26.8 Å². The average Bonchev–Trinajstić information content (AvgIpc) is 3.76. The predicted molar refractivity (Wildman–Crippen MR) is 175 cm³/mol. The van der Waals surface area contributed by atoms with Gasteiger partial charge in [0.15, 0.2) is 11.5 Å². The molecule has 3 unspecified atom stereocenters. The number of benzene rings is 1. The van der Waals surface area contributed by atoms with Crippen LogP contribution in [0, 0.1) is 22.7 Å². The van der Waals surface area contributed by atoms with E-state index < -0.39 is 17.7 Å². The molecule has 260 valence electrons. The van der Waals surface area contributed by atoms with Gasteiger partial charge in [-0.05, 0) is 94.7 Å². The lowest BCUT2D eigenvalue weighted by Crippen LogP contribution is -2.75. The lowest BCUT2D eigenvalue weighted by atomic mass is 9.38. The highest BCUT2D eigenvalue weighted by atomic mass is 16.8. The summed E-state index contributed by atoms with van der Waals surface area (Å²) in [5, 5.41) is 23.0. The molecule has 3 aliphatic carbocycles. The van der Waals surface area contributed by atoms with Crippen molar-refractivity contribution in [1.82, 2.24) is 4.90 Å². The molecule has 1 aromatic rings. The number of nitrogens with zero attached hydrogens (tertiary/aromatic N) is 1. The van der Waals surface area contributed by atoms with Crippen molar-refractivity contribution in [2.24, 2.45) is 22.7 Å². The van der Waals surface area contributed by atoms with Crippen LogP contribution in [-0.2, 0) is 30.8 Å². The van der Waals surface area contributed by atoms with E-state index in [2.05, 4.69) is 38.7 Å². The SMILES string of the molecule is COCCOCCOC(O)Oc1ccc2c3c1O[C@]1(C)CCC[C@@]4(C[C@@H](COC)[C@](C)(O)C(C)(C)C)C(C2)N(CC2CC2)CCC341. The quantitative estimate of drug-likeness (QED) is 0.189. The highest BCUT2D eigenvalue weighted by Crippen LogP contribution is 2.74. The lowest BCUT2D eigenvalue weighted by Gasteiger charge is -2.69. The molecule has 1 saturated heterocycles. The van der Waals surface area contributed by atoms with Crippen LogP contribution in [0.15, 0.2) is 12.1 Å². The lowest BCUT2D eigenvalue weighted by molar-refractivity contribution is -0.222. The Morgan fingerprint density at radius 3 is 2.48 bits per heavy atom. The monoisotopic (exact) mass is 645 g/mol. The molecule has 2 saturated carbocycles. The fraction of sp³-hybridized carbons (Fsp3) is 0.838. The Bertz CT molecular complexity index is 1230. The molecule has 9 heteroatoms. The van der Waals surface area contributed by atoms with E-state index >= 15 is 0 Å². The Balaban J connectivity index is 1.39. The van der Waals surface area contributed by atoms with Gasteiger partial charge in [0.2, 0.25) is 0 Å². The molecule has 5 aliphatic rings. The van der Waals surface area contributed by atoms with E-state index in [-0.39, 0.29) is 28.8 Å². The number of methoxy groups -OCH3 is 2. The van der Waals surface area contributed by atoms with Crippen molar-refractivity contribution < 1.29 is 38.6 Å². The average molecular weight is 646 g/mol. The van der Waals surface area contributed by atoms with Crippen molar-refractivity contribution in [3.05, 3.63) is 23.3 Å². The van der Waals surface area contributed by atoms with Gasteiger partial charge in [-0.25, -0.2) is 0 Å². The van der Waals surface area contributed by atoms with E-state index in [0.717, 1.165) is 63.3 Å². The molecule has 0 radical (unpaired) electrons. The van der Waals surface area contributed by atoms with Crippen molar-refractivity contribution in [1.29, 1.82) is 0 Å². The van der Waals surface area contributed by atoms with Gasteiger partial charge in [-0.2, -0.15) is 0 Å². The number of likely N-dealkylation sites (tertiary alicyclic amines) is 1. The third-order valence-corrected chi connectivity index (χ3v) is 12.9. The zero-order chi connectivity index (χ0) is 33.0. The predicted octanol–water partition coefficient (Wildman–Crippen LogP) is 5.07.